The fraction of sp³-hybridized carbons (Fsp3) is 0.500. The Kier molecular flexibility index (Phi) is 2.28. The van der Waals surface area contributed by atoms with Crippen molar-refractivity contribution in [3.05, 3.63) is 18.2 Å². The number of likely N-dealkylation sites (N-methyl/N-ethyl adjacent to an activating group) is 1. The maximum Gasteiger partial charge on any atom is 0.131 e. The van der Waals surface area contributed by atoms with Crippen molar-refractivity contribution in [1.29, 1.82) is 0 Å². The van der Waals surface area contributed by atoms with Gasteiger partial charge in [0.1, 0.15) is 6.33 Å². The fourth-order valence-electron chi connectivity index (χ4n) is 0.735. The van der Waals surface area contributed by atoms with Crippen LogP contribution in [0.1, 0.15) is 5.69 Å². The molecule has 0 radical (unpaired) electrons. The Morgan fingerprint density at radius 3 is 3.10 bits per heavy atom. The van der Waals surface area contributed by atoms with E-state index < -0.39 is 0 Å². The van der Waals surface area contributed by atoms with Crippen molar-refractivity contribution in [2.24, 2.45) is 0 Å². The lowest BCUT2D eigenvalue weighted by molar-refractivity contribution is 0.185. The smallest absolute Gasteiger partial charge is 0.131 e. The summed E-state index contributed by atoms with van der Waals surface area (Å²) in [5.41, 5.74) is 0.900. The first-order valence-electron chi connectivity index (χ1n) is 3.19. The first-order valence-corrected chi connectivity index (χ1v) is 3.19. The van der Waals surface area contributed by atoms with Crippen molar-refractivity contribution < 1.29 is 5.21 Å². The van der Waals surface area contributed by atoms with E-state index in [2.05, 4.69) is 10.3 Å². The highest BCUT2D eigenvalue weighted by molar-refractivity contribution is 4.95. The maximum atomic E-state index is 8.79. The number of aromatic nitrogens is 2. The Hall–Kier alpha value is -1.03. The van der Waals surface area contributed by atoms with Crippen LogP contribution in [0.2, 0.25) is 0 Å². The SMILES string of the molecule is CNCCc1cn(O)cn1. The molecule has 0 aliphatic rings. The van der Waals surface area contributed by atoms with Gasteiger partial charge in [0, 0.05) is 13.0 Å². The first kappa shape index (κ1) is 7.08. The molecule has 0 aliphatic heterocycles. The largest absolute Gasteiger partial charge is 0.427 e. The van der Waals surface area contributed by atoms with E-state index >= 15 is 0 Å². The topological polar surface area (TPSA) is 50.1 Å². The molecule has 0 saturated carbocycles. The van der Waals surface area contributed by atoms with Gasteiger partial charge in [-0.25, -0.2) is 4.98 Å². The van der Waals surface area contributed by atoms with Crippen LogP contribution in [-0.2, 0) is 6.42 Å². The lowest BCUT2D eigenvalue weighted by Gasteiger charge is -1.92. The highest BCUT2D eigenvalue weighted by atomic mass is 16.5. The Balaban J connectivity index is 2.42. The minimum absolute atomic E-state index is 0.851. The summed E-state index contributed by atoms with van der Waals surface area (Å²) in [6.07, 6.45) is 3.83. The summed E-state index contributed by atoms with van der Waals surface area (Å²) in [6, 6.07) is 0. The third-order valence-corrected chi connectivity index (χ3v) is 1.25. The predicted molar refractivity (Wildman–Crippen MR) is 37.0 cm³/mol. The highest BCUT2D eigenvalue weighted by Crippen LogP contribution is 1.92. The second-order valence-electron chi connectivity index (χ2n) is 2.10. The number of nitrogens with one attached hydrogen (secondary N) is 1. The molecule has 56 valence electrons. The summed E-state index contributed by atoms with van der Waals surface area (Å²) in [5.74, 6) is 0. The quantitative estimate of drug-likeness (QED) is 0.577. The van der Waals surface area contributed by atoms with Crippen LogP contribution in [0, 0.1) is 0 Å². The zero-order valence-corrected chi connectivity index (χ0v) is 5.91. The standard InChI is InChI=1S/C6H11N3O/c1-7-3-2-6-4-9(10)5-8-6/h4-5,7,10H,2-3H2,1H3. The van der Waals surface area contributed by atoms with Crippen molar-refractivity contribution in [3.8, 4) is 0 Å². The van der Waals surface area contributed by atoms with Gasteiger partial charge in [-0.05, 0) is 7.05 Å². The predicted octanol–water partition coefficient (Wildman–Crippen LogP) is -0.118. The Morgan fingerprint density at radius 2 is 2.60 bits per heavy atom. The molecule has 4 heteroatoms. The van der Waals surface area contributed by atoms with Crippen LogP contribution in [0.15, 0.2) is 12.5 Å². The lowest BCUT2D eigenvalue weighted by atomic mass is 10.3. The lowest BCUT2D eigenvalue weighted by Crippen LogP contribution is -2.10. The van der Waals surface area contributed by atoms with E-state index in [0.717, 1.165) is 23.4 Å². The molecule has 2 N–H and O–H groups in total. The molecule has 1 aromatic heterocycles. The normalized spacial score (nSPS) is 10.1. The third-order valence-electron chi connectivity index (χ3n) is 1.25. The van der Waals surface area contributed by atoms with Gasteiger partial charge in [0.05, 0.1) is 11.9 Å². The van der Waals surface area contributed by atoms with Gasteiger partial charge in [-0.15, -0.1) is 0 Å². The Bertz CT molecular complexity index is 197. The molecule has 0 bridgehead atoms. The summed E-state index contributed by atoms with van der Waals surface area (Å²) in [5, 5.41) is 11.8. The third kappa shape index (κ3) is 1.73. The van der Waals surface area contributed by atoms with Crippen molar-refractivity contribution in [2.45, 2.75) is 6.42 Å². The average molecular weight is 141 g/mol. The van der Waals surface area contributed by atoms with Crippen LogP contribution in [0.25, 0.3) is 0 Å². The fourth-order valence-corrected chi connectivity index (χ4v) is 0.735. The minimum Gasteiger partial charge on any atom is -0.427 e. The molecule has 0 aliphatic carbocycles. The molecule has 0 unspecified atom stereocenters. The minimum atomic E-state index is 0.851. The second kappa shape index (κ2) is 3.22. The Labute approximate surface area is 59.5 Å². The van der Waals surface area contributed by atoms with E-state index in [4.69, 9.17) is 5.21 Å². The molecule has 1 aromatic rings. The molecular weight excluding hydrogens is 130 g/mol. The average Bonchev–Trinajstić information content (AvgIpc) is 2.31. The number of hydrogen-bond acceptors (Lipinski definition) is 3. The molecular formula is C6H11N3O. The zero-order chi connectivity index (χ0) is 7.40. The summed E-state index contributed by atoms with van der Waals surface area (Å²) in [6.45, 7) is 0.886. The van der Waals surface area contributed by atoms with Gasteiger partial charge in [-0.3, -0.25) is 0 Å². The molecule has 1 rings (SSSR count). The van der Waals surface area contributed by atoms with Crippen molar-refractivity contribution >= 4 is 0 Å². The summed E-state index contributed by atoms with van der Waals surface area (Å²) >= 11 is 0. The number of rotatable bonds is 3. The maximum absolute atomic E-state index is 8.79. The molecule has 1 heterocycles. The molecule has 0 atom stereocenters. The van der Waals surface area contributed by atoms with Crippen LogP contribution >= 0.6 is 0 Å². The summed E-state index contributed by atoms with van der Waals surface area (Å²) in [7, 11) is 1.88. The number of nitrogens with zero attached hydrogens (tertiary/aromatic N) is 2. The monoisotopic (exact) mass is 141 g/mol. The zero-order valence-electron chi connectivity index (χ0n) is 5.91. The number of hydrogen-bond donors (Lipinski definition) is 2. The van der Waals surface area contributed by atoms with Crippen LogP contribution in [0.4, 0.5) is 0 Å². The first-order chi connectivity index (χ1) is 4.83. The molecule has 0 spiro atoms. The van der Waals surface area contributed by atoms with Crippen molar-refractivity contribution in [1.82, 2.24) is 15.0 Å². The van der Waals surface area contributed by atoms with E-state index in [1.165, 1.54) is 6.33 Å². The van der Waals surface area contributed by atoms with Gasteiger partial charge in [-0.1, -0.05) is 0 Å². The van der Waals surface area contributed by atoms with Crippen molar-refractivity contribution in [3.63, 3.8) is 0 Å². The van der Waals surface area contributed by atoms with Gasteiger partial charge < -0.3 is 10.5 Å². The molecule has 10 heavy (non-hydrogen) atoms. The van der Waals surface area contributed by atoms with E-state index in [-0.39, 0.29) is 0 Å². The van der Waals surface area contributed by atoms with Crippen LogP contribution in [0.3, 0.4) is 0 Å². The molecule has 0 aromatic carbocycles. The molecule has 4 nitrogen and oxygen atoms in total. The molecule has 0 fully saturated rings. The van der Waals surface area contributed by atoms with Crippen molar-refractivity contribution in [2.75, 3.05) is 13.6 Å². The van der Waals surface area contributed by atoms with E-state index in [9.17, 15) is 0 Å². The summed E-state index contributed by atoms with van der Waals surface area (Å²) < 4.78 is 0.963. The number of imidazole rings is 1. The van der Waals surface area contributed by atoms with Gasteiger partial charge in [0.15, 0.2) is 0 Å². The van der Waals surface area contributed by atoms with Gasteiger partial charge in [-0.2, -0.15) is 4.73 Å². The van der Waals surface area contributed by atoms with Gasteiger partial charge in [0.25, 0.3) is 0 Å². The van der Waals surface area contributed by atoms with Crippen LogP contribution in [-0.4, -0.2) is 28.5 Å². The summed E-state index contributed by atoms with van der Waals surface area (Å²) in [4.78, 5) is 3.93. The van der Waals surface area contributed by atoms with E-state index in [0.29, 0.717) is 0 Å². The van der Waals surface area contributed by atoms with Crippen LogP contribution < -0.4 is 5.32 Å². The van der Waals surface area contributed by atoms with Gasteiger partial charge >= 0.3 is 0 Å². The Morgan fingerprint density at radius 1 is 1.80 bits per heavy atom. The molecule has 0 amide bonds. The highest BCUT2D eigenvalue weighted by Gasteiger charge is 1.94. The van der Waals surface area contributed by atoms with E-state index in [1.54, 1.807) is 6.20 Å². The van der Waals surface area contributed by atoms with E-state index in [1.807, 2.05) is 7.05 Å². The molecule has 0 saturated heterocycles. The van der Waals surface area contributed by atoms with Crippen LogP contribution in [0.5, 0.6) is 0 Å². The second-order valence-corrected chi connectivity index (χ2v) is 2.10. The van der Waals surface area contributed by atoms with Gasteiger partial charge in [0.2, 0.25) is 0 Å².